The van der Waals surface area contributed by atoms with Gasteiger partial charge in [-0.2, -0.15) is 0 Å². The van der Waals surface area contributed by atoms with Crippen LogP contribution in [0.4, 0.5) is 5.82 Å². The van der Waals surface area contributed by atoms with E-state index >= 15 is 0 Å². The highest BCUT2D eigenvalue weighted by Crippen LogP contribution is 2.47. The Morgan fingerprint density at radius 1 is 1.32 bits per heavy atom. The third-order valence-electron chi connectivity index (χ3n) is 7.54. The van der Waals surface area contributed by atoms with Gasteiger partial charge >= 0.3 is 10.3 Å². The number of hydrogen-bond donors (Lipinski definition) is 1. The second kappa shape index (κ2) is 11.0. The number of nitrogens with zero attached hydrogens (tertiary/aromatic N) is 3. The number of anilines is 1. The van der Waals surface area contributed by atoms with Gasteiger partial charge in [-0.25, -0.2) is 14.2 Å². The number of carbonyl (C=O) groups is 1. The fraction of sp³-hybridized carbons (Fsp3) is 0.538. The van der Waals surface area contributed by atoms with Crippen LogP contribution >= 0.6 is 11.3 Å². The van der Waals surface area contributed by atoms with E-state index < -0.39 is 15.9 Å². The fourth-order valence-electron chi connectivity index (χ4n) is 5.68. The first-order valence-corrected chi connectivity index (χ1v) is 15.0. The van der Waals surface area contributed by atoms with Crippen molar-refractivity contribution in [1.82, 2.24) is 9.97 Å². The van der Waals surface area contributed by atoms with Crippen LogP contribution in [0.1, 0.15) is 78.6 Å². The van der Waals surface area contributed by atoms with E-state index in [-0.39, 0.29) is 24.3 Å². The predicted molar refractivity (Wildman–Crippen MR) is 141 cm³/mol. The summed E-state index contributed by atoms with van der Waals surface area (Å²) in [6.07, 6.45) is 14.0. The lowest BCUT2D eigenvalue weighted by Crippen LogP contribution is -2.28. The molecule has 0 bridgehead atoms. The molecule has 5 rings (SSSR count). The number of thiophene rings is 1. The molecular weight excluding hydrogens is 512 g/mol. The van der Waals surface area contributed by atoms with Crippen LogP contribution in [-0.4, -0.2) is 43.4 Å². The molecule has 3 heterocycles. The summed E-state index contributed by atoms with van der Waals surface area (Å²) in [7, 11) is -4.04. The maximum atomic E-state index is 13.6. The molecule has 2 fully saturated rings. The number of rotatable bonds is 9. The maximum absolute atomic E-state index is 13.6. The number of ketones is 1. The third kappa shape index (κ3) is 5.62. The summed E-state index contributed by atoms with van der Waals surface area (Å²) in [5, 5.41) is 5.43. The molecule has 3 aliphatic rings. The Hall–Kier alpha value is -2.65. The minimum atomic E-state index is -4.04. The van der Waals surface area contributed by atoms with Gasteiger partial charge in [0.05, 0.1) is 21.3 Å². The van der Waals surface area contributed by atoms with Crippen molar-refractivity contribution in [3.8, 4) is 6.57 Å². The summed E-state index contributed by atoms with van der Waals surface area (Å²) in [6, 6.07) is 2.01. The van der Waals surface area contributed by atoms with Crippen LogP contribution in [0.2, 0.25) is 0 Å². The monoisotopic (exact) mass is 543 g/mol. The van der Waals surface area contributed by atoms with Crippen LogP contribution in [0.3, 0.4) is 0 Å². The number of aromatic nitrogens is 2. The predicted octanol–water partition coefficient (Wildman–Crippen LogP) is 5.08. The molecular formula is C26H31N4O5S2+. The van der Waals surface area contributed by atoms with Crippen LogP contribution in [0, 0.1) is 12.5 Å². The molecule has 1 saturated heterocycles. The van der Waals surface area contributed by atoms with Gasteiger partial charge in [0.2, 0.25) is 5.78 Å². The molecule has 0 amide bonds. The number of ether oxygens (including phenoxy) is 1. The molecule has 1 saturated carbocycles. The molecule has 2 aliphatic carbocycles. The van der Waals surface area contributed by atoms with Gasteiger partial charge in [-0.15, -0.1) is 19.8 Å². The van der Waals surface area contributed by atoms with Crippen molar-refractivity contribution in [1.29, 1.82) is 0 Å². The summed E-state index contributed by atoms with van der Waals surface area (Å²) in [6.45, 7) is 5.60. The molecule has 0 spiro atoms. The van der Waals surface area contributed by atoms with Crippen molar-refractivity contribution in [2.24, 2.45) is 5.92 Å². The van der Waals surface area contributed by atoms with E-state index in [1.165, 1.54) is 36.1 Å². The fourth-order valence-corrected chi connectivity index (χ4v) is 7.03. The summed E-state index contributed by atoms with van der Waals surface area (Å²) >= 11 is 1.43. The van der Waals surface area contributed by atoms with E-state index in [9.17, 15) is 13.2 Å². The molecule has 3 unspecified atom stereocenters. The van der Waals surface area contributed by atoms with Crippen molar-refractivity contribution < 1.29 is 22.1 Å². The van der Waals surface area contributed by atoms with Crippen LogP contribution in [0.15, 0.2) is 35.6 Å². The molecule has 0 radical (unpaired) electrons. The lowest BCUT2D eigenvalue weighted by atomic mass is 9.79. The zero-order valence-electron chi connectivity index (χ0n) is 20.6. The lowest BCUT2D eigenvalue weighted by molar-refractivity contribution is 0.0285. The summed E-state index contributed by atoms with van der Waals surface area (Å²) in [4.78, 5) is 22.7. The highest BCUT2D eigenvalue weighted by molar-refractivity contribution is 7.88. The van der Waals surface area contributed by atoms with Crippen molar-refractivity contribution in [3.63, 3.8) is 0 Å². The lowest BCUT2D eigenvalue weighted by Gasteiger charge is -2.33. The zero-order valence-corrected chi connectivity index (χ0v) is 22.2. The number of hydrogen-bond acceptors (Lipinski definition) is 9. The second-order valence-electron chi connectivity index (χ2n) is 9.91. The van der Waals surface area contributed by atoms with Crippen molar-refractivity contribution in [2.75, 3.05) is 18.5 Å². The number of nitrogens with one attached hydrogen (secondary N) is 1. The Morgan fingerprint density at radius 2 is 2.22 bits per heavy atom. The molecule has 196 valence electrons. The quantitative estimate of drug-likeness (QED) is 0.344. The molecule has 2 aromatic rings. The number of allylic oxidation sites excluding steroid dienone is 1. The molecule has 3 atom stereocenters. The number of carbonyl (C=O) groups excluding carboxylic acids is 1. The first-order chi connectivity index (χ1) is 17.9. The van der Waals surface area contributed by atoms with E-state index in [1.807, 2.05) is 6.07 Å². The summed E-state index contributed by atoms with van der Waals surface area (Å²) in [5.41, 5.74) is 2.43. The van der Waals surface area contributed by atoms with Crippen molar-refractivity contribution in [3.05, 3.63) is 55.9 Å². The van der Waals surface area contributed by atoms with E-state index in [0.29, 0.717) is 22.7 Å². The van der Waals surface area contributed by atoms with E-state index in [1.54, 1.807) is 6.20 Å². The Bertz CT molecular complexity index is 1320. The first-order valence-electron chi connectivity index (χ1n) is 12.8. The average Bonchev–Trinajstić information content (AvgIpc) is 3.70. The van der Waals surface area contributed by atoms with Crippen LogP contribution in [-0.2, 0) is 24.8 Å². The summed E-state index contributed by atoms with van der Waals surface area (Å²) < 4.78 is 36.7. The van der Waals surface area contributed by atoms with Crippen LogP contribution < -0.4 is 5.32 Å². The molecule has 37 heavy (non-hydrogen) atoms. The standard InChI is InChI=1S/C26H30N4O5S2/c1-27-37(32,33)35-15-18-8-9-21(12-18)30-25-22(14-28-17-29-25)24(31)23-13-20(16-36-23)26(10-5-11-34-26)19-6-3-2-4-7-19/h1,6,13-14,16-18,21H,2-5,7-12,15H2/p+1. The van der Waals surface area contributed by atoms with Gasteiger partial charge in [0.25, 0.3) is 6.57 Å². The van der Waals surface area contributed by atoms with Crippen molar-refractivity contribution in [2.45, 2.75) is 69.4 Å². The largest absolute Gasteiger partial charge is 0.629 e. The molecule has 9 nitrogen and oxygen atoms in total. The second-order valence-corrected chi connectivity index (χ2v) is 12.1. The van der Waals surface area contributed by atoms with E-state index in [0.717, 1.165) is 50.7 Å². The Labute approximate surface area is 221 Å². The van der Waals surface area contributed by atoms with Gasteiger partial charge in [-0.3, -0.25) is 4.79 Å². The molecule has 1 aliphatic heterocycles. The normalized spacial score (nSPS) is 26.0. The maximum Gasteiger partial charge on any atom is 0.629 e. The van der Waals surface area contributed by atoms with Crippen LogP contribution in [0.25, 0.3) is 4.25 Å². The Balaban J connectivity index is 1.30. The highest BCUT2D eigenvalue weighted by atomic mass is 32.2. The van der Waals surface area contributed by atoms with Gasteiger partial charge in [0, 0.05) is 18.8 Å². The highest BCUT2D eigenvalue weighted by Gasteiger charge is 2.41. The first kappa shape index (κ1) is 26.0. The average molecular weight is 544 g/mol. The van der Waals surface area contributed by atoms with Gasteiger partial charge in [0.15, 0.2) is 0 Å². The smallest absolute Gasteiger partial charge is 0.367 e. The zero-order chi connectivity index (χ0) is 25.9. The summed E-state index contributed by atoms with van der Waals surface area (Å²) in [5.74, 6) is 0.387. The topological polar surface area (TPSA) is 112 Å². The van der Waals surface area contributed by atoms with Gasteiger partial charge in [-0.05, 0) is 86.3 Å². The van der Waals surface area contributed by atoms with E-state index in [2.05, 4.69) is 31.0 Å². The minimum Gasteiger partial charge on any atom is -0.367 e. The SMILES string of the molecule is C#[N+]S(=O)(=O)OCC1CCC(Nc2ncncc2C(=O)c2cc(C3(C4=CCCCC4)CCCO3)cs2)C1. The van der Waals surface area contributed by atoms with Crippen LogP contribution in [0.5, 0.6) is 0 Å². The van der Waals surface area contributed by atoms with Gasteiger partial charge < -0.3 is 10.1 Å². The van der Waals surface area contributed by atoms with E-state index in [4.69, 9.17) is 15.5 Å². The molecule has 11 heteroatoms. The van der Waals surface area contributed by atoms with Crippen molar-refractivity contribution >= 4 is 33.2 Å². The third-order valence-corrected chi connectivity index (χ3v) is 9.16. The molecule has 2 aromatic heterocycles. The van der Waals surface area contributed by atoms with Gasteiger partial charge in [-0.1, -0.05) is 6.08 Å². The Morgan fingerprint density at radius 3 is 2.97 bits per heavy atom. The van der Waals surface area contributed by atoms with Gasteiger partial charge in [0.1, 0.15) is 17.7 Å². The Kier molecular flexibility index (Phi) is 7.72. The minimum absolute atomic E-state index is 0.0228. The molecule has 1 N–H and O–H groups in total. The molecule has 0 aromatic carbocycles.